The Morgan fingerprint density at radius 1 is 1.16 bits per heavy atom. The lowest BCUT2D eigenvalue weighted by molar-refractivity contribution is 0.304. The van der Waals surface area contributed by atoms with Crippen molar-refractivity contribution in [2.45, 2.75) is 20.0 Å². The fraction of sp³-hybridized carbons (Fsp3) is 0.250. The van der Waals surface area contributed by atoms with Crippen molar-refractivity contribution in [3.05, 3.63) is 65.0 Å². The van der Waals surface area contributed by atoms with Gasteiger partial charge in [-0.1, -0.05) is 18.2 Å². The monoisotopic (exact) mass is 259 g/mol. The molecule has 0 saturated carbocycles. The second kappa shape index (κ2) is 6.34. The number of aryl methyl sites for hydroxylation is 1. The van der Waals surface area contributed by atoms with Crippen molar-refractivity contribution >= 4 is 0 Å². The molecule has 100 valence electrons. The number of rotatable bonds is 5. The highest BCUT2D eigenvalue weighted by atomic mass is 19.1. The topological polar surface area (TPSA) is 35.2 Å². The molecule has 0 aliphatic carbocycles. The summed E-state index contributed by atoms with van der Waals surface area (Å²) in [6, 6.07) is 12.6. The molecule has 0 unspecified atom stereocenters. The van der Waals surface area contributed by atoms with E-state index in [0.29, 0.717) is 13.2 Å². The van der Waals surface area contributed by atoms with Crippen LogP contribution in [0.2, 0.25) is 0 Å². The Kier molecular flexibility index (Phi) is 4.53. The SMILES string of the molecule is Cc1ccc(F)cc1COc1cccc(CCN)c1. The molecule has 2 N–H and O–H groups in total. The van der Waals surface area contributed by atoms with Crippen molar-refractivity contribution in [3.63, 3.8) is 0 Å². The number of hydrogen-bond acceptors (Lipinski definition) is 2. The van der Waals surface area contributed by atoms with Gasteiger partial charge in [0.1, 0.15) is 18.2 Å². The lowest BCUT2D eigenvalue weighted by Gasteiger charge is -2.10. The molecule has 0 aromatic heterocycles. The Morgan fingerprint density at radius 3 is 2.79 bits per heavy atom. The summed E-state index contributed by atoms with van der Waals surface area (Å²) in [5, 5.41) is 0. The molecular weight excluding hydrogens is 241 g/mol. The summed E-state index contributed by atoms with van der Waals surface area (Å²) in [5.41, 5.74) is 8.57. The van der Waals surface area contributed by atoms with E-state index in [2.05, 4.69) is 0 Å². The molecule has 0 radical (unpaired) electrons. The van der Waals surface area contributed by atoms with Crippen LogP contribution in [0.5, 0.6) is 5.75 Å². The first-order valence-electron chi connectivity index (χ1n) is 6.36. The summed E-state index contributed by atoms with van der Waals surface area (Å²) in [7, 11) is 0. The lowest BCUT2D eigenvalue weighted by Crippen LogP contribution is -2.03. The third-order valence-corrected chi connectivity index (χ3v) is 3.04. The summed E-state index contributed by atoms with van der Waals surface area (Å²) in [6.07, 6.45) is 0.830. The summed E-state index contributed by atoms with van der Waals surface area (Å²) < 4.78 is 18.9. The molecule has 2 aromatic carbocycles. The minimum absolute atomic E-state index is 0.235. The van der Waals surface area contributed by atoms with Crippen LogP contribution in [0.25, 0.3) is 0 Å². The number of halogens is 1. The molecule has 0 aliphatic heterocycles. The predicted octanol–water partition coefficient (Wildman–Crippen LogP) is 3.21. The Bertz CT molecular complexity index is 554. The van der Waals surface area contributed by atoms with E-state index in [4.69, 9.17) is 10.5 Å². The van der Waals surface area contributed by atoms with E-state index < -0.39 is 0 Å². The van der Waals surface area contributed by atoms with Crippen LogP contribution >= 0.6 is 0 Å². The van der Waals surface area contributed by atoms with Crippen LogP contribution in [0.1, 0.15) is 16.7 Å². The molecule has 0 amide bonds. The zero-order valence-corrected chi connectivity index (χ0v) is 11.0. The van der Waals surface area contributed by atoms with Crippen LogP contribution in [0, 0.1) is 12.7 Å². The van der Waals surface area contributed by atoms with Gasteiger partial charge in [0.25, 0.3) is 0 Å². The van der Waals surface area contributed by atoms with Crippen LogP contribution in [0.3, 0.4) is 0 Å². The molecule has 0 saturated heterocycles. The number of benzene rings is 2. The van der Waals surface area contributed by atoms with Crippen molar-refractivity contribution < 1.29 is 9.13 Å². The van der Waals surface area contributed by atoms with E-state index in [1.807, 2.05) is 31.2 Å². The first-order valence-corrected chi connectivity index (χ1v) is 6.36. The third kappa shape index (κ3) is 3.80. The Labute approximate surface area is 113 Å². The van der Waals surface area contributed by atoms with E-state index in [9.17, 15) is 4.39 Å². The van der Waals surface area contributed by atoms with Crippen LogP contribution in [-0.2, 0) is 13.0 Å². The zero-order valence-electron chi connectivity index (χ0n) is 11.0. The highest BCUT2D eigenvalue weighted by Crippen LogP contribution is 2.17. The molecule has 19 heavy (non-hydrogen) atoms. The predicted molar refractivity (Wildman–Crippen MR) is 74.7 cm³/mol. The van der Waals surface area contributed by atoms with Gasteiger partial charge in [0, 0.05) is 0 Å². The zero-order chi connectivity index (χ0) is 13.7. The maximum absolute atomic E-state index is 13.2. The first-order chi connectivity index (χ1) is 9.19. The van der Waals surface area contributed by atoms with Gasteiger partial charge in [0.2, 0.25) is 0 Å². The van der Waals surface area contributed by atoms with Gasteiger partial charge < -0.3 is 10.5 Å². The molecule has 0 bridgehead atoms. The molecule has 0 spiro atoms. The van der Waals surface area contributed by atoms with Crippen LogP contribution in [-0.4, -0.2) is 6.54 Å². The van der Waals surface area contributed by atoms with Crippen molar-refractivity contribution in [2.75, 3.05) is 6.54 Å². The number of ether oxygens (including phenoxy) is 1. The highest BCUT2D eigenvalue weighted by Gasteiger charge is 2.02. The summed E-state index contributed by atoms with van der Waals surface area (Å²) >= 11 is 0. The van der Waals surface area contributed by atoms with Crippen molar-refractivity contribution in [1.29, 1.82) is 0 Å². The molecule has 3 heteroatoms. The largest absolute Gasteiger partial charge is 0.489 e. The van der Waals surface area contributed by atoms with Crippen LogP contribution in [0.15, 0.2) is 42.5 Å². The normalized spacial score (nSPS) is 10.5. The molecule has 0 atom stereocenters. The van der Waals surface area contributed by atoms with Gasteiger partial charge in [-0.2, -0.15) is 0 Å². The van der Waals surface area contributed by atoms with Crippen molar-refractivity contribution in [1.82, 2.24) is 0 Å². The molecule has 2 nitrogen and oxygen atoms in total. The molecule has 0 fully saturated rings. The second-order valence-electron chi connectivity index (χ2n) is 4.55. The fourth-order valence-electron chi connectivity index (χ4n) is 1.91. The first kappa shape index (κ1) is 13.6. The van der Waals surface area contributed by atoms with Crippen LogP contribution < -0.4 is 10.5 Å². The standard InChI is InChI=1S/C16H18FNO/c1-12-5-6-15(17)10-14(12)11-19-16-4-2-3-13(9-16)7-8-18/h2-6,9-10H,7-8,11,18H2,1H3. The Balaban J connectivity index is 2.05. The lowest BCUT2D eigenvalue weighted by atomic mass is 10.1. The minimum Gasteiger partial charge on any atom is -0.489 e. The summed E-state index contributed by atoms with van der Waals surface area (Å²) in [6.45, 7) is 2.94. The van der Waals surface area contributed by atoms with Crippen LogP contribution in [0.4, 0.5) is 4.39 Å². The highest BCUT2D eigenvalue weighted by molar-refractivity contribution is 5.30. The minimum atomic E-state index is -0.235. The Morgan fingerprint density at radius 2 is 2.00 bits per heavy atom. The number of nitrogens with two attached hydrogens (primary N) is 1. The van der Waals surface area contributed by atoms with Gasteiger partial charge >= 0.3 is 0 Å². The van der Waals surface area contributed by atoms with Gasteiger partial charge in [-0.25, -0.2) is 4.39 Å². The summed E-state index contributed by atoms with van der Waals surface area (Å²) in [5.74, 6) is 0.552. The van der Waals surface area contributed by atoms with E-state index >= 15 is 0 Å². The van der Waals surface area contributed by atoms with E-state index in [1.165, 1.54) is 12.1 Å². The van der Waals surface area contributed by atoms with Gasteiger partial charge in [0.15, 0.2) is 0 Å². The molecule has 2 rings (SSSR count). The maximum atomic E-state index is 13.2. The molecule has 2 aromatic rings. The fourth-order valence-corrected chi connectivity index (χ4v) is 1.91. The average Bonchev–Trinajstić information content (AvgIpc) is 2.41. The third-order valence-electron chi connectivity index (χ3n) is 3.04. The van der Waals surface area contributed by atoms with Gasteiger partial charge in [-0.05, 0) is 60.8 Å². The average molecular weight is 259 g/mol. The second-order valence-corrected chi connectivity index (χ2v) is 4.55. The van der Waals surface area contributed by atoms with Gasteiger partial charge in [0.05, 0.1) is 0 Å². The quantitative estimate of drug-likeness (QED) is 0.894. The van der Waals surface area contributed by atoms with E-state index in [-0.39, 0.29) is 5.82 Å². The number of hydrogen-bond donors (Lipinski definition) is 1. The van der Waals surface area contributed by atoms with E-state index in [0.717, 1.165) is 28.9 Å². The molecular formula is C16H18FNO. The van der Waals surface area contributed by atoms with Gasteiger partial charge in [-0.15, -0.1) is 0 Å². The summed E-state index contributed by atoms with van der Waals surface area (Å²) in [4.78, 5) is 0. The molecule has 0 heterocycles. The van der Waals surface area contributed by atoms with Crippen molar-refractivity contribution in [3.8, 4) is 5.75 Å². The van der Waals surface area contributed by atoms with Gasteiger partial charge in [-0.3, -0.25) is 0 Å². The maximum Gasteiger partial charge on any atom is 0.123 e. The van der Waals surface area contributed by atoms with Crippen molar-refractivity contribution in [2.24, 2.45) is 5.73 Å². The molecule has 0 aliphatic rings. The smallest absolute Gasteiger partial charge is 0.123 e. The Hall–Kier alpha value is -1.87. The van der Waals surface area contributed by atoms with E-state index in [1.54, 1.807) is 6.07 Å².